The zero-order chi connectivity index (χ0) is 12.5. The van der Waals surface area contributed by atoms with Gasteiger partial charge in [0.05, 0.1) is 7.11 Å². The fourth-order valence-corrected chi connectivity index (χ4v) is 2.07. The van der Waals surface area contributed by atoms with Crippen molar-refractivity contribution in [1.82, 2.24) is 5.32 Å². The highest BCUT2D eigenvalue weighted by atomic mass is 16.5. The lowest BCUT2D eigenvalue weighted by Crippen LogP contribution is -2.20. The smallest absolute Gasteiger partial charge is 0.118 e. The molecule has 0 radical (unpaired) electrons. The molecule has 0 aliphatic rings. The molecule has 0 fully saturated rings. The zero-order valence-corrected chi connectivity index (χ0v) is 11.3. The van der Waals surface area contributed by atoms with E-state index in [1.165, 1.54) is 31.2 Å². The first-order valence-corrected chi connectivity index (χ1v) is 6.69. The van der Waals surface area contributed by atoms with E-state index in [2.05, 4.69) is 31.3 Å². The zero-order valence-electron chi connectivity index (χ0n) is 11.3. The molecule has 1 unspecified atom stereocenters. The third-order valence-electron chi connectivity index (χ3n) is 3.07. The molecule has 1 rings (SSSR count). The summed E-state index contributed by atoms with van der Waals surface area (Å²) in [7, 11) is 1.71. The molecule has 0 amide bonds. The topological polar surface area (TPSA) is 21.3 Å². The third kappa shape index (κ3) is 4.78. The van der Waals surface area contributed by atoms with Crippen LogP contribution in [0.15, 0.2) is 24.3 Å². The molecule has 0 bridgehead atoms. The van der Waals surface area contributed by atoms with Crippen molar-refractivity contribution in [2.75, 3.05) is 13.7 Å². The second kappa shape index (κ2) is 8.13. The van der Waals surface area contributed by atoms with E-state index in [9.17, 15) is 0 Å². The molecule has 1 atom stereocenters. The first-order chi connectivity index (χ1) is 8.31. The molecule has 0 heterocycles. The van der Waals surface area contributed by atoms with Crippen LogP contribution < -0.4 is 10.1 Å². The molecule has 0 saturated heterocycles. The highest BCUT2D eigenvalue weighted by Crippen LogP contribution is 2.22. The number of rotatable bonds is 8. The summed E-state index contributed by atoms with van der Waals surface area (Å²) in [6.07, 6.45) is 5.10. The van der Waals surface area contributed by atoms with Crippen LogP contribution in [0.2, 0.25) is 0 Å². The molecule has 2 nitrogen and oxygen atoms in total. The summed E-state index contributed by atoms with van der Waals surface area (Å²) < 4.78 is 5.19. The Bertz CT molecular complexity index is 294. The highest BCUT2D eigenvalue weighted by molar-refractivity contribution is 5.29. The SMILES string of the molecule is CCCCCC(NCC)c1ccc(OC)cc1. The number of unbranched alkanes of at least 4 members (excludes halogenated alkanes) is 2. The summed E-state index contributed by atoms with van der Waals surface area (Å²) >= 11 is 0. The van der Waals surface area contributed by atoms with E-state index in [1.54, 1.807) is 7.11 Å². The first kappa shape index (κ1) is 14.0. The molecule has 0 aliphatic heterocycles. The Morgan fingerprint density at radius 1 is 1.12 bits per heavy atom. The van der Waals surface area contributed by atoms with Crippen LogP contribution in [0.3, 0.4) is 0 Å². The molecule has 1 aromatic carbocycles. The van der Waals surface area contributed by atoms with Gasteiger partial charge in [0.2, 0.25) is 0 Å². The van der Waals surface area contributed by atoms with Gasteiger partial charge < -0.3 is 10.1 Å². The molecule has 96 valence electrons. The molecule has 0 saturated carbocycles. The summed E-state index contributed by atoms with van der Waals surface area (Å²) in [4.78, 5) is 0. The van der Waals surface area contributed by atoms with Crippen molar-refractivity contribution in [2.24, 2.45) is 0 Å². The Balaban J connectivity index is 2.60. The van der Waals surface area contributed by atoms with Gasteiger partial charge in [0.1, 0.15) is 5.75 Å². The molecule has 1 N–H and O–H groups in total. The van der Waals surface area contributed by atoms with Gasteiger partial charge in [0.25, 0.3) is 0 Å². The van der Waals surface area contributed by atoms with Gasteiger partial charge >= 0.3 is 0 Å². The fraction of sp³-hybridized carbons (Fsp3) is 0.600. The minimum absolute atomic E-state index is 0.484. The Morgan fingerprint density at radius 2 is 1.82 bits per heavy atom. The molecule has 0 spiro atoms. The number of hydrogen-bond donors (Lipinski definition) is 1. The Hall–Kier alpha value is -1.02. The van der Waals surface area contributed by atoms with Crippen molar-refractivity contribution in [1.29, 1.82) is 0 Å². The van der Waals surface area contributed by atoms with E-state index in [4.69, 9.17) is 4.74 Å². The normalized spacial score (nSPS) is 12.4. The molecule has 17 heavy (non-hydrogen) atoms. The summed E-state index contributed by atoms with van der Waals surface area (Å²) in [5.74, 6) is 0.928. The van der Waals surface area contributed by atoms with Gasteiger partial charge in [-0.05, 0) is 30.7 Å². The van der Waals surface area contributed by atoms with Crippen LogP contribution in [-0.4, -0.2) is 13.7 Å². The van der Waals surface area contributed by atoms with Gasteiger partial charge in [-0.25, -0.2) is 0 Å². The lowest BCUT2D eigenvalue weighted by Gasteiger charge is -2.18. The predicted octanol–water partition coefficient (Wildman–Crippen LogP) is 3.93. The minimum atomic E-state index is 0.484. The third-order valence-corrected chi connectivity index (χ3v) is 3.07. The van der Waals surface area contributed by atoms with Crippen LogP contribution in [0.1, 0.15) is 51.1 Å². The van der Waals surface area contributed by atoms with Crippen LogP contribution in [0, 0.1) is 0 Å². The Morgan fingerprint density at radius 3 is 2.35 bits per heavy atom. The number of ether oxygens (including phenoxy) is 1. The van der Waals surface area contributed by atoms with E-state index in [0.717, 1.165) is 12.3 Å². The van der Waals surface area contributed by atoms with Gasteiger partial charge in [0.15, 0.2) is 0 Å². The highest BCUT2D eigenvalue weighted by Gasteiger charge is 2.09. The van der Waals surface area contributed by atoms with Crippen molar-refractivity contribution < 1.29 is 4.74 Å². The molecular formula is C15H25NO. The fourth-order valence-electron chi connectivity index (χ4n) is 2.07. The van der Waals surface area contributed by atoms with Crippen LogP contribution in [0.4, 0.5) is 0 Å². The maximum Gasteiger partial charge on any atom is 0.118 e. The molecule has 0 aromatic heterocycles. The Labute approximate surface area is 105 Å². The second-order valence-electron chi connectivity index (χ2n) is 4.38. The summed E-state index contributed by atoms with van der Waals surface area (Å²) in [5.41, 5.74) is 1.36. The molecule has 1 aromatic rings. The number of benzene rings is 1. The van der Waals surface area contributed by atoms with Gasteiger partial charge in [-0.3, -0.25) is 0 Å². The van der Waals surface area contributed by atoms with Crippen LogP contribution in [-0.2, 0) is 0 Å². The van der Waals surface area contributed by atoms with Crippen molar-refractivity contribution in [3.63, 3.8) is 0 Å². The van der Waals surface area contributed by atoms with E-state index in [0.29, 0.717) is 6.04 Å². The number of nitrogens with one attached hydrogen (secondary N) is 1. The van der Waals surface area contributed by atoms with E-state index in [1.807, 2.05) is 12.1 Å². The standard InChI is InChI=1S/C15H25NO/c1-4-6-7-8-15(16-5-2)13-9-11-14(17-3)12-10-13/h9-12,15-16H,4-8H2,1-3H3. The number of hydrogen-bond acceptors (Lipinski definition) is 2. The number of methoxy groups -OCH3 is 1. The maximum absolute atomic E-state index is 5.19. The van der Waals surface area contributed by atoms with Gasteiger partial charge in [-0.2, -0.15) is 0 Å². The summed E-state index contributed by atoms with van der Waals surface area (Å²) in [6.45, 7) is 5.43. The van der Waals surface area contributed by atoms with E-state index < -0.39 is 0 Å². The molecule has 2 heteroatoms. The van der Waals surface area contributed by atoms with Crippen LogP contribution in [0.25, 0.3) is 0 Å². The van der Waals surface area contributed by atoms with Gasteiger partial charge in [-0.1, -0.05) is 45.2 Å². The minimum Gasteiger partial charge on any atom is -0.497 e. The average Bonchev–Trinajstić information content (AvgIpc) is 2.38. The Kier molecular flexibility index (Phi) is 6.71. The maximum atomic E-state index is 5.19. The lowest BCUT2D eigenvalue weighted by atomic mass is 10.0. The van der Waals surface area contributed by atoms with Crippen molar-refractivity contribution in [3.05, 3.63) is 29.8 Å². The van der Waals surface area contributed by atoms with Crippen LogP contribution in [0.5, 0.6) is 5.75 Å². The largest absolute Gasteiger partial charge is 0.497 e. The first-order valence-electron chi connectivity index (χ1n) is 6.69. The van der Waals surface area contributed by atoms with Crippen LogP contribution >= 0.6 is 0 Å². The summed E-state index contributed by atoms with van der Waals surface area (Å²) in [6, 6.07) is 8.90. The van der Waals surface area contributed by atoms with E-state index in [-0.39, 0.29) is 0 Å². The molecule has 0 aliphatic carbocycles. The second-order valence-corrected chi connectivity index (χ2v) is 4.38. The van der Waals surface area contributed by atoms with E-state index >= 15 is 0 Å². The predicted molar refractivity (Wildman–Crippen MR) is 73.6 cm³/mol. The monoisotopic (exact) mass is 235 g/mol. The lowest BCUT2D eigenvalue weighted by molar-refractivity contribution is 0.414. The average molecular weight is 235 g/mol. The summed E-state index contributed by atoms with van der Waals surface area (Å²) in [5, 5.41) is 3.55. The van der Waals surface area contributed by atoms with Crippen molar-refractivity contribution in [2.45, 2.75) is 45.6 Å². The van der Waals surface area contributed by atoms with Gasteiger partial charge in [-0.15, -0.1) is 0 Å². The van der Waals surface area contributed by atoms with Crippen molar-refractivity contribution >= 4 is 0 Å². The molecular weight excluding hydrogens is 210 g/mol. The quantitative estimate of drug-likeness (QED) is 0.689. The van der Waals surface area contributed by atoms with Gasteiger partial charge in [0, 0.05) is 6.04 Å². The van der Waals surface area contributed by atoms with Crippen molar-refractivity contribution in [3.8, 4) is 5.75 Å².